The van der Waals surface area contributed by atoms with E-state index in [4.69, 9.17) is 11.6 Å². The van der Waals surface area contributed by atoms with Gasteiger partial charge in [-0.05, 0) is 31.9 Å². The molecular formula is C15H19ClN2O3. The van der Waals surface area contributed by atoms with Crippen molar-refractivity contribution < 1.29 is 14.7 Å². The minimum Gasteiger partial charge on any atom is -0.481 e. The van der Waals surface area contributed by atoms with E-state index in [0.717, 1.165) is 5.56 Å². The van der Waals surface area contributed by atoms with Gasteiger partial charge < -0.3 is 15.3 Å². The molecule has 114 valence electrons. The van der Waals surface area contributed by atoms with E-state index in [1.54, 1.807) is 17.9 Å². The van der Waals surface area contributed by atoms with Crippen molar-refractivity contribution in [2.45, 2.75) is 26.3 Å². The predicted octanol–water partition coefficient (Wildman–Crippen LogP) is 2.91. The molecule has 0 spiro atoms. The molecule has 2 rings (SSSR count). The standard InChI is InChI=1S/C15H19ClN2O3/c1-10(11-5-3-4-6-12(11)16)17-14(21)18-8-7-15(2,9-18)13(19)20/h3-6,10H,7-9H2,1-2H3,(H,17,21)(H,19,20)/t10-,15?/m0/s1. The maximum absolute atomic E-state index is 12.2. The van der Waals surface area contributed by atoms with E-state index in [1.807, 2.05) is 25.1 Å². The van der Waals surface area contributed by atoms with E-state index in [0.29, 0.717) is 18.0 Å². The van der Waals surface area contributed by atoms with Gasteiger partial charge >= 0.3 is 12.0 Å². The summed E-state index contributed by atoms with van der Waals surface area (Å²) in [4.78, 5) is 25.0. The van der Waals surface area contributed by atoms with Gasteiger partial charge in [0.15, 0.2) is 0 Å². The van der Waals surface area contributed by atoms with Crippen LogP contribution in [0.2, 0.25) is 5.02 Å². The van der Waals surface area contributed by atoms with Crippen LogP contribution in [0.5, 0.6) is 0 Å². The lowest BCUT2D eigenvalue weighted by Crippen LogP contribution is -2.41. The summed E-state index contributed by atoms with van der Waals surface area (Å²) in [6, 6.07) is 6.84. The summed E-state index contributed by atoms with van der Waals surface area (Å²) in [5.74, 6) is -0.864. The minimum atomic E-state index is -0.864. The number of carbonyl (C=O) groups excluding carboxylic acids is 1. The fourth-order valence-electron chi connectivity index (χ4n) is 2.49. The molecule has 1 unspecified atom stereocenters. The van der Waals surface area contributed by atoms with Crippen LogP contribution < -0.4 is 5.32 Å². The predicted molar refractivity (Wildman–Crippen MR) is 80.3 cm³/mol. The van der Waals surface area contributed by atoms with Crippen LogP contribution in [0.3, 0.4) is 0 Å². The van der Waals surface area contributed by atoms with E-state index < -0.39 is 11.4 Å². The van der Waals surface area contributed by atoms with Crippen molar-refractivity contribution >= 4 is 23.6 Å². The fourth-order valence-corrected chi connectivity index (χ4v) is 2.79. The van der Waals surface area contributed by atoms with Crippen LogP contribution in [0.4, 0.5) is 4.79 Å². The van der Waals surface area contributed by atoms with Crippen molar-refractivity contribution in [3.63, 3.8) is 0 Å². The Morgan fingerprint density at radius 3 is 2.67 bits per heavy atom. The van der Waals surface area contributed by atoms with Crippen molar-refractivity contribution in [3.05, 3.63) is 34.9 Å². The van der Waals surface area contributed by atoms with Gasteiger partial charge in [-0.25, -0.2) is 4.79 Å². The van der Waals surface area contributed by atoms with E-state index in [2.05, 4.69) is 5.32 Å². The maximum Gasteiger partial charge on any atom is 0.317 e. The topological polar surface area (TPSA) is 69.6 Å². The lowest BCUT2D eigenvalue weighted by atomic mass is 9.90. The number of rotatable bonds is 3. The highest BCUT2D eigenvalue weighted by molar-refractivity contribution is 6.31. The van der Waals surface area contributed by atoms with Crippen LogP contribution in [0.1, 0.15) is 31.9 Å². The van der Waals surface area contributed by atoms with Crippen LogP contribution in [0.15, 0.2) is 24.3 Å². The summed E-state index contributed by atoms with van der Waals surface area (Å²) in [6.07, 6.45) is 0.468. The average Bonchev–Trinajstić information content (AvgIpc) is 2.83. The van der Waals surface area contributed by atoms with Gasteiger partial charge in [-0.3, -0.25) is 4.79 Å². The van der Waals surface area contributed by atoms with E-state index in [9.17, 15) is 14.7 Å². The fraction of sp³-hybridized carbons (Fsp3) is 0.467. The molecule has 1 saturated heterocycles. The number of aliphatic carboxylic acids is 1. The van der Waals surface area contributed by atoms with Crippen LogP contribution in [-0.2, 0) is 4.79 Å². The summed E-state index contributed by atoms with van der Waals surface area (Å²) >= 11 is 6.11. The van der Waals surface area contributed by atoms with Gasteiger partial charge in [-0.2, -0.15) is 0 Å². The van der Waals surface area contributed by atoms with Gasteiger partial charge in [-0.15, -0.1) is 0 Å². The largest absolute Gasteiger partial charge is 0.481 e. The Balaban J connectivity index is 2.00. The second-order valence-corrected chi connectivity index (χ2v) is 6.14. The number of benzene rings is 1. The number of carbonyl (C=O) groups is 2. The monoisotopic (exact) mass is 310 g/mol. The second-order valence-electron chi connectivity index (χ2n) is 5.73. The number of nitrogens with zero attached hydrogens (tertiary/aromatic N) is 1. The number of nitrogens with one attached hydrogen (secondary N) is 1. The van der Waals surface area contributed by atoms with E-state index in [-0.39, 0.29) is 18.6 Å². The minimum absolute atomic E-state index is 0.226. The summed E-state index contributed by atoms with van der Waals surface area (Å²) in [6.45, 7) is 4.19. The smallest absolute Gasteiger partial charge is 0.317 e. The van der Waals surface area contributed by atoms with Gasteiger partial charge in [0, 0.05) is 18.1 Å². The first kappa shape index (κ1) is 15.6. The van der Waals surface area contributed by atoms with Gasteiger partial charge in [0.25, 0.3) is 0 Å². The zero-order valence-corrected chi connectivity index (χ0v) is 12.9. The molecule has 1 aliphatic heterocycles. The molecule has 2 amide bonds. The maximum atomic E-state index is 12.2. The summed E-state index contributed by atoms with van der Waals surface area (Å²) < 4.78 is 0. The zero-order chi connectivity index (χ0) is 15.6. The lowest BCUT2D eigenvalue weighted by molar-refractivity contribution is -0.146. The number of hydrogen-bond donors (Lipinski definition) is 2. The normalized spacial score (nSPS) is 22.9. The van der Waals surface area contributed by atoms with Crippen LogP contribution in [0.25, 0.3) is 0 Å². The zero-order valence-electron chi connectivity index (χ0n) is 12.1. The number of amides is 2. The molecule has 1 aromatic rings. The molecule has 6 heteroatoms. The molecule has 0 aliphatic carbocycles. The number of likely N-dealkylation sites (tertiary alicyclic amines) is 1. The van der Waals surface area contributed by atoms with E-state index in [1.165, 1.54) is 0 Å². The first-order valence-electron chi connectivity index (χ1n) is 6.87. The van der Waals surface area contributed by atoms with Gasteiger partial charge in [-0.1, -0.05) is 29.8 Å². The average molecular weight is 311 g/mol. The molecule has 2 N–H and O–H groups in total. The van der Waals surface area contributed by atoms with Crippen LogP contribution in [0, 0.1) is 5.41 Å². The second kappa shape index (κ2) is 5.93. The number of carboxylic acids is 1. The molecule has 0 bridgehead atoms. The Kier molecular flexibility index (Phi) is 4.42. The summed E-state index contributed by atoms with van der Waals surface area (Å²) in [7, 11) is 0. The van der Waals surface area contributed by atoms with Gasteiger partial charge in [0.05, 0.1) is 11.5 Å². The number of urea groups is 1. The highest BCUT2D eigenvalue weighted by Crippen LogP contribution is 2.30. The quantitative estimate of drug-likeness (QED) is 0.902. The van der Waals surface area contributed by atoms with Crippen LogP contribution in [-0.4, -0.2) is 35.1 Å². The molecule has 21 heavy (non-hydrogen) atoms. The lowest BCUT2D eigenvalue weighted by Gasteiger charge is -2.23. The molecular weight excluding hydrogens is 292 g/mol. The molecule has 0 aromatic heterocycles. The third-order valence-corrected chi connectivity index (χ3v) is 4.33. The molecule has 1 aliphatic rings. The number of carboxylic acid groups (broad SMARTS) is 1. The number of hydrogen-bond acceptors (Lipinski definition) is 2. The van der Waals surface area contributed by atoms with Gasteiger partial charge in [0.1, 0.15) is 0 Å². The third kappa shape index (κ3) is 3.29. The van der Waals surface area contributed by atoms with Crippen molar-refractivity contribution in [1.82, 2.24) is 10.2 Å². The summed E-state index contributed by atoms with van der Waals surface area (Å²) in [5.41, 5.74) is -0.0157. The first-order valence-corrected chi connectivity index (χ1v) is 7.24. The third-order valence-electron chi connectivity index (χ3n) is 3.99. The van der Waals surface area contributed by atoms with Crippen molar-refractivity contribution in [2.24, 2.45) is 5.41 Å². The Morgan fingerprint density at radius 1 is 1.43 bits per heavy atom. The van der Waals surface area contributed by atoms with Crippen molar-refractivity contribution in [2.75, 3.05) is 13.1 Å². The molecule has 2 atom stereocenters. The van der Waals surface area contributed by atoms with Crippen LogP contribution >= 0.6 is 11.6 Å². The Bertz CT molecular complexity index is 564. The Labute approximate surface area is 128 Å². The van der Waals surface area contributed by atoms with Crippen molar-refractivity contribution in [3.8, 4) is 0 Å². The number of halogens is 1. The first-order chi connectivity index (χ1) is 9.83. The Hall–Kier alpha value is -1.75. The molecule has 0 saturated carbocycles. The Morgan fingerprint density at radius 2 is 2.10 bits per heavy atom. The summed E-state index contributed by atoms with van der Waals surface area (Å²) in [5, 5.41) is 12.7. The highest BCUT2D eigenvalue weighted by atomic mass is 35.5. The SMILES string of the molecule is C[C@H](NC(=O)N1CCC(C)(C(=O)O)C1)c1ccccc1Cl. The van der Waals surface area contributed by atoms with Gasteiger partial charge in [0.2, 0.25) is 0 Å². The molecule has 1 fully saturated rings. The van der Waals surface area contributed by atoms with E-state index >= 15 is 0 Å². The molecule has 1 aromatic carbocycles. The van der Waals surface area contributed by atoms with Crippen molar-refractivity contribution in [1.29, 1.82) is 0 Å². The molecule has 0 radical (unpaired) electrons. The highest BCUT2D eigenvalue weighted by Gasteiger charge is 2.42. The molecule has 1 heterocycles. The molecule has 5 nitrogen and oxygen atoms in total.